The first-order valence-electron chi connectivity index (χ1n) is 6.87. The van der Waals surface area contributed by atoms with Gasteiger partial charge in [0.25, 0.3) is 5.69 Å². The molecule has 2 rings (SSSR count). The Bertz CT molecular complexity index is 702. The lowest BCUT2D eigenvalue weighted by atomic mass is 10.1. The van der Waals surface area contributed by atoms with E-state index in [1.54, 1.807) is 12.2 Å². The minimum absolute atomic E-state index is 0.00213. The fourth-order valence-electron chi connectivity index (χ4n) is 1.95. The molecule has 22 heavy (non-hydrogen) atoms. The van der Waals surface area contributed by atoms with Gasteiger partial charge < -0.3 is 4.90 Å². The SMILES string of the molecule is C[NH+](C)c1ccc(/C=C/C(=[OH+])c2ccc([N+](=O)[O-])cc2)cc1. The highest BCUT2D eigenvalue weighted by Gasteiger charge is 2.11. The zero-order valence-corrected chi connectivity index (χ0v) is 12.5. The summed E-state index contributed by atoms with van der Waals surface area (Å²) in [6.45, 7) is 0. The van der Waals surface area contributed by atoms with Gasteiger partial charge >= 0.3 is 5.78 Å². The van der Waals surface area contributed by atoms with Crippen LogP contribution in [0.1, 0.15) is 11.1 Å². The van der Waals surface area contributed by atoms with Crippen molar-refractivity contribution in [3.63, 3.8) is 0 Å². The molecule has 2 N–H and O–H groups in total. The van der Waals surface area contributed by atoms with Gasteiger partial charge in [0.2, 0.25) is 0 Å². The highest BCUT2D eigenvalue weighted by molar-refractivity contribution is 6.07. The Morgan fingerprint density at radius 3 is 2.18 bits per heavy atom. The number of nitro benzene ring substituents is 1. The second-order valence-corrected chi connectivity index (χ2v) is 5.14. The Morgan fingerprint density at radius 2 is 1.68 bits per heavy atom. The number of ketones is 1. The number of nitro groups is 1. The van der Waals surface area contributed by atoms with E-state index in [9.17, 15) is 14.9 Å². The molecule has 0 unspecified atom stereocenters. The summed E-state index contributed by atoms with van der Waals surface area (Å²) in [4.78, 5) is 21.4. The summed E-state index contributed by atoms with van der Waals surface area (Å²) in [5.74, 6) is 0.0669. The zero-order valence-electron chi connectivity index (χ0n) is 12.5. The number of non-ortho nitro benzene ring substituents is 1. The fraction of sp³-hybridized carbons (Fsp3) is 0.118. The van der Waals surface area contributed by atoms with E-state index >= 15 is 0 Å². The van der Waals surface area contributed by atoms with Crippen LogP contribution in [-0.2, 0) is 0 Å². The van der Waals surface area contributed by atoms with Crippen molar-refractivity contribution in [3.05, 3.63) is 75.8 Å². The Balaban J connectivity index is 2.08. The number of carbonyl (C=O) groups excluding carboxylic acids is 1. The number of nitrogens with one attached hydrogen (secondary N) is 1. The van der Waals surface area contributed by atoms with E-state index in [4.69, 9.17) is 0 Å². The van der Waals surface area contributed by atoms with Crippen LogP contribution in [0.3, 0.4) is 0 Å². The largest absolute Gasteiger partial charge is 0.347 e. The minimum atomic E-state index is -0.467. The third-order valence-corrected chi connectivity index (χ3v) is 3.30. The van der Waals surface area contributed by atoms with Gasteiger partial charge in [0.1, 0.15) is 5.69 Å². The predicted molar refractivity (Wildman–Crippen MR) is 87.1 cm³/mol. The molecule has 5 nitrogen and oxygen atoms in total. The number of allylic oxidation sites excluding steroid dienone is 1. The molecule has 0 aliphatic rings. The summed E-state index contributed by atoms with van der Waals surface area (Å²) in [6, 6.07) is 13.8. The van der Waals surface area contributed by atoms with E-state index in [-0.39, 0.29) is 11.5 Å². The van der Waals surface area contributed by atoms with E-state index in [1.807, 2.05) is 24.3 Å². The Hall–Kier alpha value is -2.79. The van der Waals surface area contributed by atoms with Gasteiger partial charge in [-0.05, 0) is 48.0 Å². The maximum Gasteiger partial charge on any atom is 0.347 e. The maximum atomic E-state index is 10.6. The van der Waals surface area contributed by atoms with Crippen molar-refractivity contribution < 1.29 is 14.6 Å². The standard InChI is InChI=1S/C17H16N2O3/c1-18(2)15-8-3-13(4-9-15)5-12-17(20)14-6-10-16(11-7-14)19(21)22/h3-12H,1-2H3/p+2/b12-5+. The van der Waals surface area contributed by atoms with Crippen LogP contribution in [-0.4, -0.2) is 29.6 Å². The molecule has 0 aromatic heterocycles. The first kappa shape index (κ1) is 15.6. The number of quaternary nitrogens is 1. The summed E-state index contributed by atoms with van der Waals surface area (Å²) >= 11 is 0. The topological polar surface area (TPSA) is 69.0 Å². The van der Waals surface area contributed by atoms with Crippen molar-refractivity contribution in [1.29, 1.82) is 0 Å². The average Bonchev–Trinajstić information content (AvgIpc) is 2.53. The Kier molecular flexibility index (Phi) is 4.80. The fourth-order valence-corrected chi connectivity index (χ4v) is 1.95. The van der Waals surface area contributed by atoms with Crippen molar-refractivity contribution in [2.45, 2.75) is 0 Å². The molecule has 5 heteroatoms. The van der Waals surface area contributed by atoms with Crippen LogP contribution >= 0.6 is 0 Å². The molecule has 0 fully saturated rings. The van der Waals surface area contributed by atoms with Crippen molar-refractivity contribution >= 4 is 23.2 Å². The van der Waals surface area contributed by atoms with Gasteiger partial charge in [-0.25, -0.2) is 0 Å². The van der Waals surface area contributed by atoms with Crippen LogP contribution in [0.4, 0.5) is 11.4 Å². The summed E-state index contributed by atoms with van der Waals surface area (Å²) < 4.78 is 0. The molecular formula is C17H18N2O3+2. The van der Waals surface area contributed by atoms with E-state index in [2.05, 4.69) is 14.1 Å². The molecule has 0 bridgehead atoms. The van der Waals surface area contributed by atoms with Gasteiger partial charge in [-0.15, -0.1) is 0 Å². The van der Waals surface area contributed by atoms with Crippen LogP contribution < -0.4 is 4.90 Å². The van der Waals surface area contributed by atoms with E-state index < -0.39 is 4.92 Å². The van der Waals surface area contributed by atoms with Crippen LogP contribution in [0.2, 0.25) is 0 Å². The molecule has 0 aliphatic heterocycles. The predicted octanol–water partition coefficient (Wildman–Crippen LogP) is 1.98. The molecule has 0 saturated carbocycles. The van der Waals surface area contributed by atoms with E-state index in [0.29, 0.717) is 5.56 Å². The van der Waals surface area contributed by atoms with Crippen LogP contribution in [0.25, 0.3) is 6.08 Å². The number of nitrogens with zero attached hydrogens (tertiary/aromatic N) is 1. The molecule has 2 aromatic carbocycles. The number of rotatable bonds is 5. The summed E-state index contributed by atoms with van der Waals surface area (Å²) in [6.07, 6.45) is 3.38. The molecule has 112 valence electrons. The number of hydrogen-bond acceptors (Lipinski definition) is 2. The third-order valence-electron chi connectivity index (χ3n) is 3.30. The van der Waals surface area contributed by atoms with E-state index in [1.165, 1.54) is 34.9 Å². The van der Waals surface area contributed by atoms with Gasteiger partial charge in [0, 0.05) is 18.2 Å². The lowest BCUT2D eigenvalue weighted by Gasteiger charge is -2.05. The first-order chi connectivity index (χ1) is 10.5. The van der Waals surface area contributed by atoms with Gasteiger partial charge in [0.15, 0.2) is 0 Å². The van der Waals surface area contributed by atoms with Crippen molar-refractivity contribution in [2.75, 3.05) is 14.1 Å². The highest BCUT2D eigenvalue weighted by Crippen LogP contribution is 2.13. The molecule has 0 heterocycles. The normalized spacial score (nSPS) is 11.0. The first-order valence-corrected chi connectivity index (χ1v) is 6.87. The second-order valence-electron chi connectivity index (χ2n) is 5.14. The van der Waals surface area contributed by atoms with Gasteiger partial charge in [-0.3, -0.25) is 14.9 Å². The van der Waals surface area contributed by atoms with Crippen molar-refractivity contribution in [3.8, 4) is 0 Å². The highest BCUT2D eigenvalue weighted by atomic mass is 16.6. The smallest absolute Gasteiger partial charge is 0.307 e. The van der Waals surface area contributed by atoms with Crippen LogP contribution in [0.5, 0.6) is 0 Å². The summed E-state index contributed by atoms with van der Waals surface area (Å²) in [5, 5.41) is 10.6. The quantitative estimate of drug-likeness (QED) is 0.301. The molecule has 0 aliphatic carbocycles. The summed E-state index contributed by atoms with van der Waals surface area (Å²) in [5.41, 5.74) is 2.69. The lowest BCUT2D eigenvalue weighted by molar-refractivity contribution is -0.786. The molecule has 2 aromatic rings. The average molecular weight is 298 g/mol. The lowest BCUT2D eigenvalue weighted by Crippen LogP contribution is -3.00. The monoisotopic (exact) mass is 298 g/mol. The Labute approximate surface area is 128 Å². The molecule has 0 radical (unpaired) electrons. The van der Waals surface area contributed by atoms with Gasteiger partial charge in [-0.1, -0.05) is 0 Å². The number of hydrogen-bond donors (Lipinski definition) is 1. The molecule has 0 amide bonds. The second kappa shape index (κ2) is 6.78. The van der Waals surface area contributed by atoms with Gasteiger partial charge in [0.05, 0.1) is 24.6 Å². The van der Waals surface area contributed by atoms with Gasteiger partial charge in [-0.2, -0.15) is 0 Å². The van der Waals surface area contributed by atoms with Crippen LogP contribution in [0.15, 0.2) is 54.6 Å². The molecular weight excluding hydrogens is 280 g/mol. The minimum Gasteiger partial charge on any atom is -0.307 e. The number of benzene rings is 2. The maximum absolute atomic E-state index is 10.6. The molecule has 0 spiro atoms. The zero-order chi connectivity index (χ0) is 16.1. The molecule has 0 saturated heterocycles. The van der Waals surface area contributed by atoms with Crippen molar-refractivity contribution in [1.82, 2.24) is 0 Å². The third kappa shape index (κ3) is 3.86. The Morgan fingerprint density at radius 1 is 1.09 bits per heavy atom. The summed E-state index contributed by atoms with van der Waals surface area (Å²) in [7, 11) is 4.11. The van der Waals surface area contributed by atoms with E-state index in [0.717, 1.165) is 5.56 Å². The van der Waals surface area contributed by atoms with Crippen molar-refractivity contribution in [2.24, 2.45) is 0 Å². The van der Waals surface area contributed by atoms with Crippen LogP contribution in [0, 0.1) is 10.1 Å². The molecule has 0 atom stereocenters.